The van der Waals surface area contributed by atoms with E-state index in [0.717, 1.165) is 10.5 Å². The fourth-order valence-corrected chi connectivity index (χ4v) is 2.42. The monoisotopic (exact) mass is 263 g/mol. The van der Waals surface area contributed by atoms with Gasteiger partial charge in [0.05, 0.1) is 0 Å². The molecule has 0 amide bonds. The molecule has 2 N–H and O–H groups in total. The van der Waals surface area contributed by atoms with E-state index in [1.54, 1.807) is 24.5 Å². The third kappa shape index (κ3) is 3.51. The lowest BCUT2D eigenvalue weighted by atomic mass is 10.1. The lowest BCUT2D eigenvalue weighted by molar-refractivity contribution is 0.620. The Morgan fingerprint density at radius 2 is 2.06 bits per heavy atom. The molecular weight excluding hydrogens is 249 g/mol. The Bertz CT molecular complexity index is 517. The topological polar surface area (TPSA) is 51.8 Å². The molecule has 1 atom stereocenters. The average Bonchev–Trinajstić information content (AvgIpc) is 2.33. The van der Waals surface area contributed by atoms with Crippen LogP contribution >= 0.6 is 11.8 Å². The van der Waals surface area contributed by atoms with Gasteiger partial charge in [0.15, 0.2) is 5.16 Å². The van der Waals surface area contributed by atoms with Crippen LogP contribution in [-0.4, -0.2) is 16.0 Å². The van der Waals surface area contributed by atoms with Gasteiger partial charge in [-0.15, -0.1) is 0 Å². The summed E-state index contributed by atoms with van der Waals surface area (Å²) in [5, 5.41) is 0.648. The van der Waals surface area contributed by atoms with Gasteiger partial charge in [0, 0.05) is 23.3 Å². The van der Waals surface area contributed by atoms with Gasteiger partial charge in [0.25, 0.3) is 0 Å². The van der Waals surface area contributed by atoms with Crippen molar-refractivity contribution in [3.05, 3.63) is 48.0 Å². The van der Waals surface area contributed by atoms with E-state index in [0.29, 0.717) is 11.6 Å². The first-order chi connectivity index (χ1) is 8.65. The molecule has 1 heterocycles. The zero-order valence-electron chi connectivity index (χ0n) is 10.0. The molecular formula is C13H14FN3S. The zero-order valence-corrected chi connectivity index (χ0v) is 10.8. The first-order valence-corrected chi connectivity index (χ1v) is 6.45. The van der Waals surface area contributed by atoms with Gasteiger partial charge in [-0.2, -0.15) is 0 Å². The van der Waals surface area contributed by atoms with Crippen LogP contribution in [0.2, 0.25) is 0 Å². The van der Waals surface area contributed by atoms with Gasteiger partial charge in [-0.3, -0.25) is 0 Å². The zero-order chi connectivity index (χ0) is 13.0. The third-order valence-corrected chi connectivity index (χ3v) is 3.32. The van der Waals surface area contributed by atoms with Gasteiger partial charge < -0.3 is 5.73 Å². The largest absolute Gasteiger partial charge is 0.328 e. The Balaban J connectivity index is 2.26. The number of nitrogens with two attached hydrogens (primary N) is 1. The fraction of sp³-hybridized carbons (Fsp3) is 0.231. The van der Waals surface area contributed by atoms with Gasteiger partial charge in [0.2, 0.25) is 0 Å². The van der Waals surface area contributed by atoms with Crippen LogP contribution in [-0.2, 0) is 6.42 Å². The minimum Gasteiger partial charge on any atom is -0.328 e. The number of rotatable bonds is 4. The molecule has 2 aromatic rings. The number of hydrogen-bond acceptors (Lipinski definition) is 4. The van der Waals surface area contributed by atoms with Crippen LogP contribution in [0.1, 0.15) is 12.5 Å². The minimum atomic E-state index is -0.246. The van der Waals surface area contributed by atoms with E-state index in [2.05, 4.69) is 9.97 Å². The summed E-state index contributed by atoms with van der Waals surface area (Å²) in [6.07, 6.45) is 4.00. The second-order valence-electron chi connectivity index (χ2n) is 4.07. The molecule has 5 heteroatoms. The van der Waals surface area contributed by atoms with Crippen molar-refractivity contribution in [2.24, 2.45) is 5.73 Å². The predicted octanol–water partition coefficient (Wildman–Crippen LogP) is 2.66. The van der Waals surface area contributed by atoms with E-state index in [1.165, 1.54) is 23.9 Å². The molecule has 1 aromatic carbocycles. The smallest absolute Gasteiger partial charge is 0.192 e. The minimum absolute atomic E-state index is 0.0113. The molecule has 3 nitrogen and oxygen atoms in total. The van der Waals surface area contributed by atoms with Crippen molar-refractivity contribution >= 4 is 11.8 Å². The van der Waals surface area contributed by atoms with Crippen LogP contribution in [0.15, 0.2) is 46.7 Å². The van der Waals surface area contributed by atoms with Gasteiger partial charge >= 0.3 is 0 Å². The third-order valence-electron chi connectivity index (χ3n) is 2.31. The first kappa shape index (κ1) is 13.0. The number of nitrogens with zero attached hydrogens (tertiary/aromatic N) is 2. The molecule has 94 valence electrons. The Hall–Kier alpha value is -1.46. The second kappa shape index (κ2) is 5.93. The van der Waals surface area contributed by atoms with E-state index in [4.69, 9.17) is 5.73 Å². The van der Waals surface area contributed by atoms with Gasteiger partial charge in [-0.25, -0.2) is 14.4 Å². The lowest BCUT2D eigenvalue weighted by Gasteiger charge is -2.10. The maximum Gasteiger partial charge on any atom is 0.192 e. The summed E-state index contributed by atoms with van der Waals surface area (Å²) < 4.78 is 13.3. The molecule has 0 aliphatic rings. The molecule has 0 spiro atoms. The quantitative estimate of drug-likeness (QED) is 0.862. The predicted molar refractivity (Wildman–Crippen MR) is 69.9 cm³/mol. The Labute approximate surface area is 110 Å². The van der Waals surface area contributed by atoms with Crippen LogP contribution in [0.3, 0.4) is 0 Å². The molecule has 0 radical (unpaired) electrons. The molecule has 0 saturated carbocycles. The van der Waals surface area contributed by atoms with Crippen molar-refractivity contribution in [2.75, 3.05) is 0 Å². The van der Waals surface area contributed by atoms with E-state index in [-0.39, 0.29) is 11.9 Å². The Morgan fingerprint density at radius 1 is 1.33 bits per heavy atom. The normalized spacial score (nSPS) is 12.4. The van der Waals surface area contributed by atoms with Crippen molar-refractivity contribution < 1.29 is 4.39 Å². The van der Waals surface area contributed by atoms with Crippen molar-refractivity contribution in [3.63, 3.8) is 0 Å². The molecule has 0 fully saturated rings. The molecule has 2 rings (SSSR count). The van der Waals surface area contributed by atoms with Crippen LogP contribution in [0.5, 0.6) is 0 Å². The SMILES string of the molecule is CC(N)Cc1cc(F)ccc1Sc1ncccn1. The van der Waals surface area contributed by atoms with Gasteiger partial charge in [0.1, 0.15) is 5.82 Å². The highest BCUT2D eigenvalue weighted by molar-refractivity contribution is 7.99. The summed E-state index contributed by atoms with van der Waals surface area (Å²) in [5.74, 6) is -0.246. The maximum atomic E-state index is 13.3. The highest BCUT2D eigenvalue weighted by atomic mass is 32.2. The summed E-state index contributed by atoms with van der Waals surface area (Å²) >= 11 is 1.42. The maximum absolute atomic E-state index is 13.3. The first-order valence-electron chi connectivity index (χ1n) is 5.64. The van der Waals surface area contributed by atoms with E-state index >= 15 is 0 Å². The van der Waals surface area contributed by atoms with Crippen LogP contribution in [0, 0.1) is 5.82 Å². The molecule has 0 bridgehead atoms. The lowest BCUT2D eigenvalue weighted by Crippen LogP contribution is -2.18. The number of hydrogen-bond donors (Lipinski definition) is 1. The Kier molecular flexibility index (Phi) is 4.28. The molecule has 0 saturated heterocycles. The van der Waals surface area contributed by atoms with Gasteiger partial charge in [-0.1, -0.05) is 0 Å². The van der Waals surface area contributed by atoms with Crippen molar-refractivity contribution in [3.8, 4) is 0 Å². The van der Waals surface area contributed by atoms with Crippen LogP contribution < -0.4 is 5.73 Å². The van der Waals surface area contributed by atoms with Crippen LogP contribution in [0.25, 0.3) is 0 Å². The Morgan fingerprint density at radius 3 is 2.72 bits per heavy atom. The molecule has 0 aliphatic carbocycles. The molecule has 0 aliphatic heterocycles. The standard InChI is InChI=1S/C13H14FN3S/c1-9(15)7-10-8-11(14)3-4-12(10)18-13-16-5-2-6-17-13/h2-6,8-9H,7,15H2,1H3. The van der Waals surface area contributed by atoms with E-state index < -0.39 is 0 Å². The molecule has 1 aromatic heterocycles. The van der Waals surface area contributed by atoms with Crippen molar-refractivity contribution in [1.29, 1.82) is 0 Å². The van der Waals surface area contributed by atoms with E-state index in [1.807, 2.05) is 6.92 Å². The van der Waals surface area contributed by atoms with Crippen molar-refractivity contribution in [1.82, 2.24) is 9.97 Å². The summed E-state index contributed by atoms with van der Waals surface area (Å²) in [6.45, 7) is 1.90. The highest BCUT2D eigenvalue weighted by Gasteiger charge is 2.09. The summed E-state index contributed by atoms with van der Waals surface area (Å²) in [7, 11) is 0. The summed E-state index contributed by atoms with van der Waals surface area (Å²) in [6, 6.07) is 6.46. The van der Waals surface area contributed by atoms with E-state index in [9.17, 15) is 4.39 Å². The second-order valence-corrected chi connectivity index (χ2v) is 5.08. The average molecular weight is 263 g/mol. The summed E-state index contributed by atoms with van der Waals surface area (Å²) in [5.41, 5.74) is 6.66. The fourth-order valence-electron chi connectivity index (χ4n) is 1.59. The van der Waals surface area contributed by atoms with Gasteiger partial charge in [-0.05, 0) is 54.9 Å². The van der Waals surface area contributed by atoms with Crippen LogP contribution in [0.4, 0.5) is 4.39 Å². The highest BCUT2D eigenvalue weighted by Crippen LogP contribution is 2.28. The number of halogens is 1. The molecule has 1 unspecified atom stereocenters. The number of aromatic nitrogens is 2. The summed E-state index contributed by atoms with van der Waals surface area (Å²) in [4.78, 5) is 9.23. The molecule has 18 heavy (non-hydrogen) atoms. The number of benzene rings is 1. The van der Waals surface area contributed by atoms with Crippen molar-refractivity contribution in [2.45, 2.75) is 29.4 Å².